The first-order chi connectivity index (χ1) is 6.63. The number of hydrogen-bond acceptors (Lipinski definition) is 2. The lowest BCUT2D eigenvalue weighted by atomic mass is 9.75. The first-order valence-corrected chi connectivity index (χ1v) is 5.43. The zero-order valence-corrected chi connectivity index (χ0v) is 9.25. The van der Waals surface area contributed by atoms with E-state index < -0.39 is 0 Å². The molecule has 0 atom stereocenters. The van der Waals surface area contributed by atoms with Crippen molar-refractivity contribution < 1.29 is 0 Å². The van der Waals surface area contributed by atoms with Gasteiger partial charge in [-0.3, -0.25) is 4.68 Å². The molecular weight excluding hydrogens is 174 g/mol. The summed E-state index contributed by atoms with van der Waals surface area (Å²) in [6.07, 6.45) is 2.27. The fourth-order valence-corrected chi connectivity index (χ4v) is 2.51. The monoisotopic (exact) mass is 193 g/mol. The molecule has 0 unspecified atom stereocenters. The molecule has 14 heavy (non-hydrogen) atoms. The topological polar surface area (TPSA) is 43.8 Å². The van der Waals surface area contributed by atoms with Crippen LogP contribution in [0.1, 0.15) is 42.6 Å². The summed E-state index contributed by atoms with van der Waals surface area (Å²) in [5.41, 5.74) is 9.80. The molecule has 0 aromatic carbocycles. The average Bonchev–Trinajstić information content (AvgIpc) is 2.37. The molecule has 0 amide bonds. The molecule has 0 spiro atoms. The molecule has 2 rings (SSSR count). The molecule has 1 aliphatic carbocycles. The number of nitrogens with zero attached hydrogens (tertiary/aromatic N) is 2. The second kappa shape index (κ2) is 3.39. The zero-order valence-electron chi connectivity index (χ0n) is 9.25. The van der Waals surface area contributed by atoms with Crippen molar-refractivity contribution >= 4 is 0 Å². The Morgan fingerprint density at radius 2 is 2.07 bits per heavy atom. The molecule has 0 saturated heterocycles. The molecule has 1 aromatic heterocycles. The minimum atomic E-state index is 0.420. The van der Waals surface area contributed by atoms with Crippen LogP contribution in [0.3, 0.4) is 0 Å². The minimum absolute atomic E-state index is 0.420. The van der Waals surface area contributed by atoms with E-state index in [2.05, 4.69) is 30.6 Å². The summed E-state index contributed by atoms with van der Waals surface area (Å²) in [5.74, 6) is 0.672. The lowest BCUT2D eigenvalue weighted by Gasteiger charge is -2.32. The Morgan fingerprint density at radius 1 is 1.43 bits per heavy atom. The molecule has 0 aliphatic heterocycles. The lowest BCUT2D eigenvalue weighted by Crippen LogP contribution is -2.35. The van der Waals surface area contributed by atoms with Crippen LogP contribution in [0.15, 0.2) is 0 Å². The van der Waals surface area contributed by atoms with Crippen LogP contribution in [0.2, 0.25) is 0 Å². The van der Waals surface area contributed by atoms with Crippen LogP contribution < -0.4 is 5.73 Å². The molecule has 0 radical (unpaired) electrons. The predicted molar refractivity (Wildman–Crippen MR) is 57.3 cm³/mol. The van der Waals surface area contributed by atoms with Gasteiger partial charge in [0.1, 0.15) is 0 Å². The van der Waals surface area contributed by atoms with Crippen LogP contribution in [-0.2, 0) is 6.54 Å². The van der Waals surface area contributed by atoms with Gasteiger partial charge in [0.2, 0.25) is 0 Å². The van der Waals surface area contributed by atoms with Crippen molar-refractivity contribution in [2.75, 3.05) is 0 Å². The Kier molecular flexibility index (Phi) is 2.35. The van der Waals surface area contributed by atoms with Crippen molar-refractivity contribution in [1.82, 2.24) is 9.78 Å². The van der Waals surface area contributed by atoms with E-state index in [4.69, 9.17) is 5.73 Å². The molecule has 1 aromatic rings. The number of aromatic nitrogens is 2. The lowest BCUT2D eigenvalue weighted by molar-refractivity contribution is 0.349. The summed E-state index contributed by atoms with van der Waals surface area (Å²) in [4.78, 5) is 0. The van der Waals surface area contributed by atoms with Gasteiger partial charge >= 0.3 is 0 Å². The third kappa shape index (κ3) is 1.36. The minimum Gasteiger partial charge on any atom is -0.328 e. The van der Waals surface area contributed by atoms with Crippen LogP contribution in [0.5, 0.6) is 0 Å². The third-order valence-corrected chi connectivity index (χ3v) is 3.32. The van der Waals surface area contributed by atoms with Gasteiger partial charge in [-0.05, 0) is 45.1 Å². The molecule has 1 heterocycles. The predicted octanol–water partition coefficient (Wildman–Crippen LogP) is 1.72. The summed E-state index contributed by atoms with van der Waals surface area (Å²) in [7, 11) is 0. The summed E-state index contributed by atoms with van der Waals surface area (Å²) in [5, 5.41) is 4.53. The molecule has 2 N–H and O–H groups in total. The van der Waals surface area contributed by atoms with Gasteiger partial charge < -0.3 is 5.73 Å². The maximum absolute atomic E-state index is 5.82. The van der Waals surface area contributed by atoms with Crippen LogP contribution >= 0.6 is 0 Å². The quantitative estimate of drug-likeness (QED) is 0.777. The van der Waals surface area contributed by atoms with Gasteiger partial charge in [0.15, 0.2) is 0 Å². The van der Waals surface area contributed by atoms with Crippen LogP contribution in [-0.4, -0.2) is 15.8 Å². The Hall–Kier alpha value is -0.830. The van der Waals surface area contributed by atoms with Gasteiger partial charge in [0.25, 0.3) is 0 Å². The maximum Gasteiger partial charge on any atom is 0.0631 e. The van der Waals surface area contributed by atoms with Gasteiger partial charge in [-0.25, -0.2) is 0 Å². The van der Waals surface area contributed by atoms with E-state index >= 15 is 0 Å². The highest BCUT2D eigenvalue weighted by Crippen LogP contribution is 2.38. The molecule has 3 heteroatoms. The van der Waals surface area contributed by atoms with E-state index in [1.165, 1.54) is 17.0 Å². The maximum atomic E-state index is 5.82. The standard InChI is InChI=1S/C11H19N3/c1-4-14-8(3)11(7(2)13-14)9-5-10(12)6-9/h9-10H,4-6,12H2,1-3H3. The molecule has 78 valence electrons. The number of hydrogen-bond donors (Lipinski definition) is 1. The summed E-state index contributed by atoms with van der Waals surface area (Å²) in [6.45, 7) is 7.38. The highest BCUT2D eigenvalue weighted by Gasteiger charge is 2.31. The Bertz CT molecular complexity index is 335. The second-order valence-electron chi connectivity index (χ2n) is 4.33. The van der Waals surface area contributed by atoms with Crippen LogP contribution in [0.4, 0.5) is 0 Å². The first-order valence-electron chi connectivity index (χ1n) is 5.43. The largest absolute Gasteiger partial charge is 0.328 e. The van der Waals surface area contributed by atoms with E-state index in [9.17, 15) is 0 Å². The van der Waals surface area contributed by atoms with Gasteiger partial charge in [-0.15, -0.1) is 0 Å². The van der Waals surface area contributed by atoms with Crippen molar-refractivity contribution in [3.63, 3.8) is 0 Å². The fraction of sp³-hybridized carbons (Fsp3) is 0.727. The van der Waals surface area contributed by atoms with Crippen LogP contribution in [0, 0.1) is 13.8 Å². The van der Waals surface area contributed by atoms with Gasteiger partial charge in [0, 0.05) is 18.3 Å². The highest BCUT2D eigenvalue weighted by atomic mass is 15.3. The third-order valence-electron chi connectivity index (χ3n) is 3.32. The number of nitrogens with two attached hydrogens (primary N) is 1. The second-order valence-corrected chi connectivity index (χ2v) is 4.33. The average molecular weight is 193 g/mol. The van der Waals surface area contributed by atoms with E-state index in [-0.39, 0.29) is 0 Å². The Labute approximate surface area is 85.3 Å². The van der Waals surface area contributed by atoms with Crippen molar-refractivity contribution in [1.29, 1.82) is 0 Å². The SMILES string of the molecule is CCn1nc(C)c(C2CC(N)C2)c1C. The Balaban J connectivity index is 2.28. The van der Waals surface area contributed by atoms with Crippen molar-refractivity contribution in [3.8, 4) is 0 Å². The summed E-state index contributed by atoms with van der Waals surface area (Å²) >= 11 is 0. The summed E-state index contributed by atoms with van der Waals surface area (Å²) < 4.78 is 2.09. The molecular formula is C11H19N3. The summed E-state index contributed by atoms with van der Waals surface area (Å²) in [6, 6.07) is 0.420. The van der Waals surface area contributed by atoms with Gasteiger partial charge in [-0.1, -0.05) is 0 Å². The zero-order chi connectivity index (χ0) is 10.3. The van der Waals surface area contributed by atoms with Gasteiger partial charge in [-0.2, -0.15) is 5.10 Å². The highest BCUT2D eigenvalue weighted by molar-refractivity contribution is 5.31. The molecule has 3 nitrogen and oxygen atoms in total. The van der Waals surface area contributed by atoms with E-state index in [0.717, 1.165) is 19.4 Å². The number of rotatable bonds is 2. The van der Waals surface area contributed by atoms with Gasteiger partial charge in [0.05, 0.1) is 5.69 Å². The van der Waals surface area contributed by atoms with Crippen LogP contribution in [0.25, 0.3) is 0 Å². The molecule has 1 aliphatic rings. The first kappa shape index (κ1) is 9.71. The van der Waals surface area contributed by atoms with Crippen molar-refractivity contribution in [2.45, 2.75) is 52.1 Å². The molecule has 1 saturated carbocycles. The smallest absolute Gasteiger partial charge is 0.0631 e. The Morgan fingerprint density at radius 3 is 2.50 bits per heavy atom. The molecule has 0 bridgehead atoms. The molecule has 1 fully saturated rings. The fourth-order valence-electron chi connectivity index (χ4n) is 2.51. The van der Waals surface area contributed by atoms with Crippen molar-refractivity contribution in [2.24, 2.45) is 5.73 Å². The number of aryl methyl sites for hydroxylation is 2. The van der Waals surface area contributed by atoms with Crippen molar-refractivity contribution in [3.05, 3.63) is 17.0 Å². The van der Waals surface area contributed by atoms with E-state index in [0.29, 0.717) is 12.0 Å². The normalized spacial score (nSPS) is 26.3. The van der Waals surface area contributed by atoms with E-state index in [1.807, 2.05) is 0 Å². The van der Waals surface area contributed by atoms with E-state index in [1.54, 1.807) is 0 Å².